The van der Waals surface area contributed by atoms with E-state index in [9.17, 15) is 0 Å². The van der Waals surface area contributed by atoms with Crippen molar-refractivity contribution in [2.45, 2.75) is 50.3 Å². The topological polar surface area (TPSA) is 77.5 Å². The maximum atomic E-state index is 6.41. The molecule has 3 aromatic rings. The molecule has 3 atom stereocenters. The molecule has 2 aromatic heterocycles. The van der Waals surface area contributed by atoms with Gasteiger partial charge in [-0.2, -0.15) is 0 Å². The summed E-state index contributed by atoms with van der Waals surface area (Å²) < 4.78 is 8.47. The molecule has 5 rings (SSSR count). The van der Waals surface area contributed by atoms with Crippen LogP contribution in [0.5, 0.6) is 5.75 Å². The highest BCUT2D eigenvalue weighted by molar-refractivity contribution is 5.43. The number of nitrogens with one attached hydrogen (secondary N) is 1. The van der Waals surface area contributed by atoms with E-state index in [1.165, 1.54) is 11.1 Å². The number of benzene rings is 1. The molecule has 1 aliphatic carbocycles. The van der Waals surface area contributed by atoms with Crippen LogP contribution in [-0.2, 0) is 5.54 Å². The fraction of sp³-hybridized carbons (Fsp3) is 0.429. The average molecular weight is 363 g/mol. The Morgan fingerprint density at radius 2 is 2.00 bits per heavy atom. The van der Waals surface area contributed by atoms with Crippen LogP contribution in [0.4, 0.5) is 0 Å². The molecule has 1 unspecified atom stereocenters. The standard InChI is InChI=1S/C21H25N5O/c1-21(11-4-12-23-21)20-25-24-19-10-7-14(13-26(19)20)27-18-9-8-17(22)15-5-2-3-6-16(15)18/h2-3,5-7,10,13,17-18,23H,4,8-9,11-12,22H2,1H3/t17-,18+,21?/m0/s1. The van der Waals surface area contributed by atoms with E-state index >= 15 is 0 Å². The van der Waals surface area contributed by atoms with Gasteiger partial charge in [0.25, 0.3) is 0 Å². The molecule has 0 spiro atoms. The fourth-order valence-electron chi connectivity index (χ4n) is 4.47. The van der Waals surface area contributed by atoms with E-state index in [-0.39, 0.29) is 17.7 Å². The van der Waals surface area contributed by atoms with Crippen LogP contribution in [0.15, 0.2) is 42.6 Å². The molecule has 1 aliphatic heterocycles. The number of rotatable bonds is 3. The molecular weight excluding hydrogens is 338 g/mol. The summed E-state index contributed by atoms with van der Waals surface area (Å²) in [7, 11) is 0. The highest BCUT2D eigenvalue weighted by Gasteiger charge is 2.34. The van der Waals surface area contributed by atoms with Gasteiger partial charge in [0.15, 0.2) is 11.5 Å². The van der Waals surface area contributed by atoms with Crippen molar-refractivity contribution in [3.63, 3.8) is 0 Å². The number of hydrogen-bond acceptors (Lipinski definition) is 5. The van der Waals surface area contributed by atoms with Crippen molar-refractivity contribution >= 4 is 5.65 Å². The number of nitrogens with zero attached hydrogens (tertiary/aromatic N) is 3. The Balaban J connectivity index is 1.49. The molecular formula is C21H25N5O. The van der Waals surface area contributed by atoms with E-state index in [1.807, 2.05) is 24.4 Å². The second-order valence-electron chi connectivity index (χ2n) is 7.90. The van der Waals surface area contributed by atoms with Crippen molar-refractivity contribution in [1.29, 1.82) is 0 Å². The number of fused-ring (bicyclic) bond motifs is 2. The number of aromatic nitrogens is 3. The third kappa shape index (κ3) is 2.80. The number of nitrogens with two attached hydrogens (primary N) is 1. The van der Waals surface area contributed by atoms with Gasteiger partial charge in [-0.05, 0) is 62.4 Å². The van der Waals surface area contributed by atoms with Crippen molar-refractivity contribution in [3.8, 4) is 5.75 Å². The summed E-state index contributed by atoms with van der Waals surface area (Å²) in [6.07, 6.45) is 6.12. The van der Waals surface area contributed by atoms with Crippen molar-refractivity contribution < 1.29 is 4.74 Å². The molecule has 0 radical (unpaired) electrons. The smallest absolute Gasteiger partial charge is 0.161 e. The van der Waals surface area contributed by atoms with Gasteiger partial charge in [0, 0.05) is 6.04 Å². The first-order valence-corrected chi connectivity index (χ1v) is 9.75. The molecule has 0 amide bonds. The summed E-state index contributed by atoms with van der Waals surface area (Å²) in [5.74, 6) is 1.78. The van der Waals surface area contributed by atoms with E-state index in [4.69, 9.17) is 10.5 Å². The largest absolute Gasteiger partial charge is 0.484 e. The maximum Gasteiger partial charge on any atom is 0.161 e. The number of ether oxygens (including phenoxy) is 1. The average Bonchev–Trinajstić information content (AvgIpc) is 3.31. The number of pyridine rings is 1. The summed E-state index contributed by atoms with van der Waals surface area (Å²) in [5.41, 5.74) is 9.39. The first kappa shape index (κ1) is 16.7. The molecule has 3 N–H and O–H groups in total. The molecule has 6 heteroatoms. The Morgan fingerprint density at radius 1 is 1.15 bits per heavy atom. The SMILES string of the molecule is CC1(c2nnc3ccc(O[C@@H]4CC[C@H](N)c5ccccc54)cn23)CCCN1. The summed E-state index contributed by atoms with van der Waals surface area (Å²) in [6.45, 7) is 3.21. The van der Waals surface area contributed by atoms with E-state index < -0.39 is 0 Å². The molecule has 140 valence electrons. The minimum absolute atomic E-state index is 0.0265. The van der Waals surface area contributed by atoms with Crippen LogP contribution in [0.1, 0.15) is 61.7 Å². The van der Waals surface area contributed by atoms with E-state index in [0.29, 0.717) is 0 Å². The van der Waals surface area contributed by atoms with Gasteiger partial charge in [0.1, 0.15) is 11.9 Å². The highest BCUT2D eigenvalue weighted by Crippen LogP contribution is 2.38. The lowest BCUT2D eigenvalue weighted by atomic mass is 9.86. The van der Waals surface area contributed by atoms with Crippen molar-refractivity contribution in [1.82, 2.24) is 19.9 Å². The molecule has 0 bridgehead atoms. The second-order valence-corrected chi connectivity index (χ2v) is 7.90. The summed E-state index contributed by atoms with van der Waals surface area (Å²) in [5, 5.41) is 12.4. The first-order chi connectivity index (χ1) is 13.1. The van der Waals surface area contributed by atoms with Crippen LogP contribution in [-0.4, -0.2) is 21.1 Å². The minimum Gasteiger partial charge on any atom is -0.484 e. The van der Waals surface area contributed by atoms with Gasteiger partial charge in [0.05, 0.1) is 11.7 Å². The number of hydrogen-bond donors (Lipinski definition) is 2. The zero-order valence-corrected chi connectivity index (χ0v) is 15.6. The lowest BCUT2D eigenvalue weighted by Crippen LogP contribution is -2.35. The normalized spacial score (nSPS) is 27.6. The first-order valence-electron chi connectivity index (χ1n) is 9.75. The third-order valence-corrected chi connectivity index (χ3v) is 6.00. The predicted octanol–water partition coefficient (Wildman–Crippen LogP) is 3.24. The van der Waals surface area contributed by atoms with Crippen LogP contribution < -0.4 is 15.8 Å². The molecule has 1 aromatic carbocycles. The van der Waals surface area contributed by atoms with Crippen molar-refractivity contribution in [2.75, 3.05) is 6.54 Å². The van der Waals surface area contributed by atoms with Crippen LogP contribution >= 0.6 is 0 Å². The van der Waals surface area contributed by atoms with Crippen LogP contribution in [0.25, 0.3) is 5.65 Å². The van der Waals surface area contributed by atoms with Gasteiger partial charge in [-0.15, -0.1) is 10.2 Å². The quantitative estimate of drug-likeness (QED) is 0.747. The maximum absolute atomic E-state index is 6.41. The lowest BCUT2D eigenvalue weighted by Gasteiger charge is -2.30. The van der Waals surface area contributed by atoms with Crippen LogP contribution in [0, 0.1) is 0 Å². The van der Waals surface area contributed by atoms with Gasteiger partial charge >= 0.3 is 0 Å². The summed E-state index contributed by atoms with van der Waals surface area (Å²) in [6, 6.07) is 12.4. The van der Waals surface area contributed by atoms with Crippen molar-refractivity contribution in [3.05, 3.63) is 59.5 Å². The monoisotopic (exact) mass is 363 g/mol. The third-order valence-electron chi connectivity index (χ3n) is 6.00. The fourth-order valence-corrected chi connectivity index (χ4v) is 4.47. The van der Waals surface area contributed by atoms with E-state index in [2.05, 4.69) is 45.0 Å². The van der Waals surface area contributed by atoms with Gasteiger partial charge in [0.2, 0.25) is 0 Å². The van der Waals surface area contributed by atoms with Gasteiger partial charge in [-0.1, -0.05) is 24.3 Å². The second kappa shape index (κ2) is 6.32. The molecule has 0 saturated carbocycles. The molecule has 2 aliphatic rings. The summed E-state index contributed by atoms with van der Waals surface area (Å²) in [4.78, 5) is 0. The zero-order valence-electron chi connectivity index (χ0n) is 15.6. The predicted molar refractivity (Wildman–Crippen MR) is 104 cm³/mol. The minimum atomic E-state index is -0.137. The van der Waals surface area contributed by atoms with Crippen molar-refractivity contribution in [2.24, 2.45) is 5.73 Å². The molecule has 6 nitrogen and oxygen atoms in total. The highest BCUT2D eigenvalue weighted by atomic mass is 16.5. The van der Waals surface area contributed by atoms with Crippen LogP contribution in [0.3, 0.4) is 0 Å². The lowest BCUT2D eigenvalue weighted by molar-refractivity contribution is 0.176. The Kier molecular flexibility index (Phi) is 3.91. The molecule has 27 heavy (non-hydrogen) atoms. The molecule has 3 heterocycles. The van der Waals surface area contributed by atoms with Gasteiger partial charge < -0.3 is 15.8 Å². The van der Waals surface area contributed by atoms with E-state index in [0.717, 1.165) is 49.4 Å². The van der Waals surface area contributed by atoms with Gasteiger partial charge in [-0.3, -0.25) is 4.40 Å². The van der Waals surface area contributed by atoms with E-state index in [1.54, 1.807) is 0 Å². The van der Waals surface area contributed by atoms with Gasteiger partial charge in [-0.25, -0.2) is 0 Å². The zero-order chi connectivity index (χ0) is 18.4. The Labute approximate surface area is 158 Å². The molecule has 1 fully saturated rings. The molecule has 1 saturated heterocycles. The summed E-state index contributed by atoms with van der Waals surface area (Å²) >= 11 is 0. The Hall–Kier alpha value is -2.44. The van der Waals surface area contributed by atoms with Crippen LogP contribution in [0.2, 0.25) is 0 Å². The Bertz CT molecular complexity index is 976. The Morgan fingerprint density at radius 3 is 2.81 bits per heavy atom.